The lowest BCUT2D eigenvalue weighted by molar-refractivity contribution is 0.370. The topological polar surface area (TPSA) is 53.6 Å². The summed E-state index contributed by atoms with van der Waals surface area (Å²) in [5.41, 5.74) is 4.16. The first kappa shape index (κ1) is 12.4. The number of rotatable bonds is 3. The summed E-state index contributed by atoms with van der Waals surface area (Å²) in [6.45, 7) is 4.29. The molecule has 0 atom stereocenters. The SMILES string of the molecule is Cc1cc(-c2cccc(CC3CCNCC3)n2)n[nH]1. The maximum absolute atomic E-state index is 4.75. The van der Waals surface area contributed by atoms with Crippen molar-refractivity contribution in [2.24, 2.45) is 5.92 Å². The lowest BCUT2D eigenvalue weighted by atomic mass is 9.93. The molecule has 4 nitrogen and oxygen atoms in total. The van der Waals surface area contributed by atoms with E-state index >= 15 is 0 Å². The molecule has 1 saturated heterocycles. The zero-order valence-corrected chi connectivity index (χ0v) is 11.3. The van der Waals surface area contributed by atoms with Crippen molar-refractivity contribution in [3.63, 3.8) is 0 Å². The van der Waals surface area contributed by atoms with Crippen LogP contribution in [0.3, 0.4) is 0 Å². The smallest absolute Gasteiger partial charge is 0.111 e. The molecule has 0 aliphatic carbocycles. The number of nitrogens with zero attached hydrogens (tertiary/aromatic N) is 2. The van der Waals surface area contributed by atoms with Gasteiger partial charge in [-0.25, -0.2) is 0 Å². The molecule has 3 heterocycles. The summed E-state index contributed by atoms with van der Waals surface area (Å²) < 4.78 is 0. The molecular formula is C15H20N4. The maximum atomic E-state index is 4.75. The Morgan fingerprint density at radius 3 is 2.79 bits per heavy atom. The number of aromatic nitrogens is 3. The molecule has 0 unspecified atom stereocenters. The van der Waals surface area contributed by atoms with Crippen LogP contribution in [0.4, 0.5) is 0 Å². The molecule has 0 amide bonds. The van der Waals surface area contributed by atoms with Crippen LogP contribution in [0.5, 0.6) is 0 Å². The van der Waals surface area contributed by atoms with Gasteiger partial charge in [-0.15, -0.1) is 0 Å². The summed E-state index contributed by atoms with van der Waals surface area (Å²) >= 11 is 0. The van der Waals surface area contributed by atoms with Crippen molar-refractivity contribution in [3.05, 3.63) is 35.7 Å². The van der Waals surface area contributed by atoms with Gasteiger partial charge in [0.25, 0.3) is 0 Å². The molecule has 0 saturated carbocycles. The number of hydrogen-bond acceptors (Lipinski definition) is 3. The third-order valence-electron chi connectivity index (χ3n) is 3.73. The summed E-state index contributed by atoms with van der Waals surface area (Å²) in [6.07, 6.45) is 3.60. The zero-order chi connectivity index (χ0) is 13.1. The van der Waals surface area contributed by atoms with Crippen molar-refractivity contribution < 1.29 is 0 Å². The van der Waals surface area contributed by atoms with Gasteiger partial charge in [-0.3, -0.25) is 10.1 Å². The van der Waals surface area contributed by atoms with E-state index in [1.54, 1.807) is 0 Å². The average molecular weight is 256 g/mol. The molecule has 0 spiro atoms. The summed E-state index contributed by atoms with van der Waals surface area (Å²) in [6, 6.07) is 8.28. The molecule has 0 radical (unpaired) electrons. The highest BCUT2D eigenvalue weighted by atomic mass is 15.1. The van der Waals surface area contributed by atoms with Gasteiger partial charge in [-0.2, -0.15) is 5.10 Å². The van der Waals surface area contributed by atoms with Crippen LogP contribution in [0.1, 0.15) is 24.2 Å². The van der Waals surface area contributed by atoms with Crippen LogP contribution in [-0.4, -0.2) is 28.3 Å². The average Bonchev–Trinajstić information content (AvgIpc) is 2.87. The fourth-order valence-corrected chi connectivity index (χ4v) is 2.67. The second kappa shape index (κ2) is 5.53. The van der Waals surface area contributed by atoms with Crippen LogP contribution < -0.4 is 5.32 Å². The van der Waals surface area contributed by atoms with Crippen molar-refractivity contribution >= 4 is 0 Å². The lowest BCUT2D eigenvalue weighted by Crippen LogP contribution is -2.28. The third kappa shape index (κ3) is 3.01. The lowest BCUT2D eigenvalue weighted by Gasteiger charge is -2.22. The van der Waals surface area contributed by atoms with Crippen molar-refractivity contribution in [2.75, 3.05) is 13.1 Å². The van der Waals surface area contributed by atoms with Crippen LogP contribution in [0, 0.1) is 12.8 Å². The predicted molar refractivity (Wildman–Crippen MR) is 75.9 cm³/mol. The minimum atomic E-state index is 0.768. The number of piperidine rings is 1. The van der Waals surface area contributed by atoms with Crippen molar-refractivity contribution in [3.8, 4) is 11.4 Å². The minimum absolute atomic E-state index is 0.768. The van der Waals surface area contributed by atoms with Gasteiger partial charge in [0.1, 0.15) is 5.69 Å². The highest BCUT2D eigenvalue weighted by Gasteiger charge is 2.14. The first-order chi connectivity index (χ1) is 9.31. The van der Waals surface area contributed by atoms with E-state index in [1.165, 1.54) is 18.5 Å². The Morgan fingerprint density at radius 1 is 1.21 bits per heavy atom. The minimum Gasteiger partial charge on any atom is -0.317 e. The summed E-state index contributed by atoms with van der Waals surface area (Å²) in [5.74, 6) is 0.768. The largest absolute Gasteiger partial charge is 0.317 e. The van der Waals surface area contributed by atoms with E-state index in [2.05, 4.69) is 27.6 Å². The van der Waals surface area contributed by atoms with E-state index in [-0.39, 0.29) is 0 Å². The van der Waals surface area contributed by atoms with Gasteiger partial charge in [0.15, 0.2) is 0 Å². The van der Waals surface area contributed by atoms with E-state index in [0.717, 1.165) is 42.5 Å². The highest BCUT2D eigenvalue weighted by molar-refractivity contribution is 5.54. The standard InChI is InChI=1S/C15H20N4/c1-11-9-15(19-18-11)14-4-2-3-13(17-14)10-12-5-7-16-8-6-12/h2-4,9,12,16H,5-8,10H2,1H3,(H,18,19). The van der Waals surface area contributed by atoms with Gasteiger partial charge < -0.3 is 5.32 Å². The molecule has 4 heteroatoms. The van der Waals surface area contributed by atoms with E-state index < -0.39 is 0 Å². The molecule has 19 heavy (non-hydrogen) atoms. The van der Waals surface area contributed by atoms with E-state index in [1.807, 2.05) is 19.1 Å². The molecule has 100 valence electrons. The van der Waals surface area contributed by atoms with Gasteiger partial charge in [0, 0.05) is 11.4 Å². The van der Waals surface area contributed by atoms with Crippen LogP contribution in [0.2, 0.25) is 0 Å². The van der Waals surface area contributed by atoms with Gasteiger partial charge in [0.05, 0.1) is 5.69 Å². The quantitative estimate of drug-likeness (QED) is 0.886. The Balaban J connectivity index is 1.75. The molecular weight excluding hydrogens is 236 g/mol. The fourth-order valence-electron chi connectivity index (χ4n) is 2.67. The van der Waals surface area contributed by atoms with Crippen LogP contribution in [0.15, 0.2) is 24.3 Å². The third-order valence-corrected chi connectivity index (χ3v) is 3.73. The van der Waals surface area contributed by atoms with Gasteiger partial charge in [-0.1, -0.05) is 6.07 Å². The van der Waals surface area contributed by atoms with E-state index in [4.69, 9.17) is 4.98 Å². The number of hydrogen-bond donors (Lipinski definition) is 2. The molecule has 0 aromatic carbocycles. The predicted octanol–water partition coefficient (Wildman–Crippen LogP) is 2.32. The molecule has 2 aromatic rings. The van der Waals surface area contributed by atoms with Crippen molar-refractivity contribution in [1.29, 1.82) is 0 Å². The van der Waals surface area contributed by atoms with Gasteiger partial charge in [0.2, 0.25) is 0 Å². The zero-order valence-electron chi connectivity index (χ0n) is 11.3. The van der Waals surface area contributed by atoms with Gasteiger partial charge >= 0.3 is 0 Å². The first-order valence-electron chi connectivity index (χ1n) is 7.00. The number of aryl methyl sites for hydroxylation is 1. The Kier molecular flexibility index (Phi) is 3.60. The highest BCUT2D eigenvalue weighted by Crippen LogP contribution is 2.20. The summed E-state index contributed by atoms with van der Waals surface area (Å²) in [4.78, 5) is 4.75. The number of nitrogens with one attached hydrogen (secondary N) is 2. The molecule has 1 fully saturated rings. The molecule has 3 rings (SSSR count). The van der Waals surface area contributed by atoms with Crippen LogP contribution in [0.25, 0.3) is 11.4 Å². The first-order valence-corrected chi connectivity index (χ1v) is 7.00. The Bertz CT molecular complexity index is 541. The Hall–Kier alpha value is -1.68. The Labute approximate surface area is 113 Å². The molecule has 2 N–H and O–H groups in total. The van der Waals surface area contributed by atoms with Crippen LogP contribution in [-0.2, 0) is 6.42 Å². The number of pyridine rings is 1. The molecule has 1 aliphatic heterocycles. The number of aromatic amines is 1. The van der Waals surface area contributed by atoms with E-state index in [9.17, 15) is 0 Å². The Morgan fingerprint density at radius 2 is 2.05 bits per heavy atom. The fraction of sp³-hybridized carbons (Fsp3) is 0.467. The molecule has 0 bridgehead atoms. The maximum Gasteiger partial charge on any atom is 0.111 e. The molecule has 2 aromatic heterocycles. The van der Waals surface area contributed by atoms with Crippen LogP contribution >= 0.6 is 0 Å². The normalized spacial score (nSPS) is 16.7. The second-order valence-corrected chi connectivity index (χ2v) is 5.35. The summed E-state index contributed by atoms with van der Waals surface area (Å²) in [7, 11) is 0. The van der Waals surface area contributed by atoms with Gasteiger partial charge in [-0.05, 0) is 63.4 Å². The van der Waals surface area contributed by atoms with Crippen molar-refractivity contribution in [2.45, 2.75) is 26.2 Å². The second-order valence-electron chi connectivity index (χ2n) is 5.35. The number of H-pyrrole nitrogens is 1. The molecule has 1 aliphatic rings. The van der Waals surface area contributed by atoms with Crippen molar-refractivity contribution in [1.82, 2.24) is 20.5 Å². The van der Waals surface area contributed by atoms with E-state index in [0.29, 0.717) is 0 Å². The monoisotopic (exact) mass is 256 g/mol. The summed E-state index contributed by atoms with van der Waals surface area (Å²) in [5, 5.41) is 10.7.